The molecule has 1 saturated heterocycles. The zero-order valence-corrected chi connectivity index (χ0v) is 21.1. The van der Waals surface area contributed by atoms with E-state index >= 15 is 0 Å². The van der Waals surface area contributed by atoms with Gasteiger partial charge in [-0.1, -0.05) is 35.3 Å². The largest absolute Gasteiger partial charge is 0.374 e. The molecule has 2 aromatic rings. The van der Waals surface area contributed by atoms with Gasteiger partial charge in [-0.15, -0.1) is 11.6 Å². The molecule has 6 atom stereocenters. The average Bonchev–Trinajstić information content (AvgIpc) is 3.11. The van der Waals surface area contributed by atoms with E-state index in [-0.39, 0.29) is 12.0 Å². The topological polar surface area (TPSA) is 22.1 Å². The molecule has 2 heterocycles. The number of nitrogens with zero attached hydrogens (tertiary/aromatic N) is 1. The molecule has 2 nitrogen and oxygen atoms in total. The number of ether oxygens (including phenoxy) is 1. The lowest BCUT2D eigenvalue weighted by atomic mass is 9.60. The monoisotopic (exact) mass is 491 g/mol. The first kappa shape index (κ1) is 23.0. The van der Waals surface area contributed by atoms with Crippen molar-refractivity contribution in [3.8, 4) is 0 Å². The van der Waals surface area contributed by atoms with Gasteiger partial charge < -0.3 is 4.74 Å². The van der Waals surface area contributed by atoms with Crippen molar-refractivity contribution in [3.05, 3.63) is 63.4 Å². The van der Waals surface area contributed by atoms with E-state index in [1.807, 2.05) is 18.3 Å². The molecule has 1 aliphatic heterocycles. The second kappa shape index (κ2) is 9.45. The van der Waals surface area contributed by atoms with Crippen molar-refractivity contribution in [2.75, 3.05) is 0 Å². The minimum atomic E-state index is 0.209. The van der Waals surface area contributed by atoms with Crippen LogP contribution in [0.4, 0.5) is 0 Å². The van der Waals surface area contributed by atoms with Crippen LogP contribution in [-0.4, -0.2) is 22.6 Å². The average molecular weight is 493 g/mol. The molecule has 0 radical (unpaired) electrons. The van der Waals surface area contributed by atoms with Crippen molar-refractivity contribution >= 4 is 34.8 Å². The summed E-state index contributed by atoms with van der Waals surface area (Å²) in [7, 11) is 0. The first-order valence-corrected chi connectivity index (χ1v) is 13.3. The molecule has 2 aliphatic carbocycles. The Morgan fingerprint density at radius 2 is 1.75 bits per heavy atom. The molecule has 0 amide bonds. The van der Waals surface area contributed by atoms with Crippen LogP contribution in [0.3, 0.4) is 0 Å². The highest BCUT2D eigenvalue weighted by Crippen LogP contribution is 2.58. The van der Waals surface area contributed by atoms with Crippen LogP contribution < -0.4 is 0 Å². The number of aryl methyl sites for hydroxylation is 1. The van der Waals surface area contributed by atoms with Crippen LogP contribution in [0.5, 0.6) is 0 Å². The number of aromatic nitrogens is 1. The van der Waals surface area contributed by atoms with Crippen LogP contribution in [-0.2, 0) is 4.74 Å². The SMILES string of the molecule is Cc1ccc([C@@H]2[C@@H]3[C@@H](C)OC(C4CCC(Cl)CC4)[C@@H]3CC[C@H]2c2ccc(Cl)cc2Cl)nc1. The Morgan fingerprint density at radius 1 is 0.969 bits per heavy atom. The lowest BCUT2D eigenvalue weighted by Crippen LogP contribution is -2.38. The summed E-state index contributed by atoms with van der Waals surface area (Å²) in [6.07, 6.45) is 9.43. The first-order chi connectivity index (χ1) is 15.4. The maximum absolute atomic E-state index is 6.77. The van der Waals surface area contributed by atoms with Gasteiger partial charge in [0.25, 0.3) is 0 Å². The van der Waals surface area contributed by atoms with Crippen molar-refractivity contribution < 1.29 is 4.74 Å². The molecule has 1 aromatic carbocycles. The van der Waals surface area contributed by atoms with Gasteiger partial charge in [0.1, 0.15) is 0 Å². The number of halogens is 3. The molecule has 5 rings (SSSR count). The number of fused-ring (bicyclic) bond motifs is 1. The second-order valence-electron chi connectivity index (χ2n) is 10.2. The van der Waals surface area contributed by atoms with Gasteiger partial charge in [-0.25, -0.2) is 0 Å². The summed E-state index contributed by atoms with van der Waals surface area (Å²) in [6, 6.07) is 10.4. The molecule has 2 saturated carbocycles. The van der Waals surface area contributed by atoms with Crippen LogP contribution in [0, 0.1) is 24.7 Å². The number of alkyl halides is 1. The minimum Gasteiger partial charge on any atom is -0.374 e. The molecule has 32 heavy (non-hydrogen) atoms. The fraction of sp³-hybridized carbons (Fsp3) is 0.593. The zero-order valence-electron chi connectivity index (χ0n) is 18.8. The summed E-state index contributed by atoms with van der Waals surface area (Å²) in [5.74, 6) is 2.24. The summed E-state index contributed by atoms with van der Waals surface area (Å²) in [6.45, 7) is 4.37. The number of hydrogen-bond acceptors (Lipinski definition) is 2. The van der Waals surface area contributed by atoms with E-state index in [0.29, 0.717) is 40.2 Å². The standard InChI is InChI=1S/C27H32Cl3NO/c1-15-3-12-24(31-14-15)26-21(20-9-8-19(29)13-23(20)30)10-11-22-25(26)16(2)32-27(22)17-4-6-18(28)7-5-17/h3,8-9,12-14,16-18,21-22,25-27H,4-7,10-11H2,1-2H3/t16-,17?,18?,21+,22-,25-,26-,27?/m1/s1. The quantitative estimate of drug-likeness (QED) is 0.403. The summed E-state index contributed by atoms with van der Waals surface area (Å²) in [5, 5.41) is 1.79. The third kappa shape index (κ3) is 4.33. The summed E-state index contributed by atoms with van der Waals surface area (Å²) in [4.78, 5) is 4.93. The van der Waals surface area contributed by atoms with Gasteiger partial charge in [-0.05, 0) is 105 Å². The Morgan fingerprint density at radius 3 is 2.44 bits per heavy atom. The van der Waals surface area contributed by atoms with E-state index in [0.717, 1.165) is 24.3 Å². The molecule has 3 aliphatic rings. The fourth-order valence-corrected chi connectivity index (χ4v) is 7.64. The van der Waals surface area contributed by atoms with Gasteiger partial charge in [0.2, 0.25) is 0 Å². The number of hydrogen-bond donors (Lipinski definition) is 0. The van der Waals surface area contributed by atoms with Crippen LogP contribution in [0.25, 0.3) is 0 Å². The molecule has 3 fully saturated rings. The number of pyridine rings is 1. The highest BCUT2D eigenvalue weighted by Gasteiger charge is 2.53. The van der Waals surface area contributed by atoms with Crippen molar-refractivity contribution in [2.24, 2.45) is 17.8 Å². The smallest absolute Gasteiger partial charge is 0.0639 e. The summed E-state index contributed by atoms with van der Waals surface area (Å²) < 4.78 is 6.77. The molecule has 172 valence electrons. The van der Waals surface area contributed by atoms with Crippen LogP contribution in [0.1, 0.15) is 74.1 Å². The Kier molecular flexibility index (Phi) is 6.78. The lowest BCUT2D eigenvalue weighted by molar-refractivity contribution is -0.00785. The van der Waals surface area contributed by atoms with E-state index in [1.54, 1.807) is 0 Å². The summed E-state index contributed by atoms with van der Waals surface area (Å²) in [5.41, 5.74) is 3.55. The van der Waals surface area contributed by atoms with Crippen LogP contribution in [0.15, 0.2) is 36.5 Å². The third-order valence-electron chi connectivity index (χ3n) is 8.29. The van der Waals surface area contributed by atoms with E-state index in [4.69, 9.17) is 44.5 Å². The maximum Gasteiger partial charge on any atom is 0.0639 e. The van der Waals surface area contributed by atoms with Gasteiger partial charge in [-0.3, -0.25) is 4.98 Å². The Bertz CT molecular complexity index is 940. The molecular formula is C27H32Cl3NO. The van der Waals surface area contributed by atoms with Crippen LogP contribution in [0.2, 0.25) is 10.0 Å². The minimum absolute atomic E-state index is 0.209. The second-order valence-corrected chi connectivity index (χ2v) is 11.7. The Labute approximate surface area is 207 Å². The van der Waals surface area contributed by atoms with Gasteiger partial charge in [0.15, 0.2) is 0 Å². The Hall–Kier alpha value is -0.800. The third-order valence-corrected chi connectivity index (χ3v) is 9.29. The van der Waals surface area contributed by atoms with Gasteiger partial charge >= 0.3 is 0 Å². The molecule has 5 heteroatoms. The normalized spacial score (nSPS) is 37.3. The Balaban J connectivity index is 1.51. The maximum atomic E-state index is 6.77. The number of benzene rings is 1. The van der Waals surface area contributed by atoms with E-state index in [2.05, 4.69) is 32.0 Å². The lowest BCUT2D eigenvalue weighted by Gasteiger charge is -2.43. The predicted octanol–water partition coefficient (Wildman–Crippen LogP) is 8.18. The molecule has 0 bridgehead atoms. The van der Waals surface area contributed by atoms with E-state index < -0.39 is 0 Å². The fourth-order valence-electron chi connectivity index (χ4n) is 6.84. The van der Waals surface area contributed by atoms with E-state index in [9.17, 15) is 0 Å². The van der Waals surface area contributed by atoms with Crippen molar-refractivity contribution in [1.82, 2.24) is 4.98 Å². The van der Waals surface area contributed by atoms with Gasteiger partial charge in [-0.2, -0.15) is 0 Å². The van der Waals surface area contributed by atoms with Crippen LogP contribution >= 0.6 is 34.8 Å². The summed E-state index contributed by atoms with van der Waals surface area (Å²) >= 11 is 19.4. The first-order valence-electron chi connectivity index (χ1n) is 12.1. The van der Waals surface area contributed by atoms with Crippen molar-refractivity contribution in [2.45, 2.75) is 81.8 Å². The highest BCUT2D eigenvalue weighted by atomic mass is 35.5. The van der Waals surface area contributed by atoms with Crippen molar-refractivity contribution in [3.63, 3.8) is 0 Å². The molecular weight excluding hydrogens is 461 g/mol. The highest BCUT2D eigenvalue weighted by molar-refractivity contribution is 6.35. The molecule has 0 spiro atoms. The molecule has 1 aromatic heterocycles. The molecule has 0 N–H and O–H groups in total. The van der Waals surface area contributed by atoms with Crippen molar-refractivity contribution in [1.29, 1.82) is 0 Å². The predicted molar refractivity (Wildman–Crippen MR) is 133 cm³/mol. The number of rotatable bonds is 3. The van der Waals surface area contributed by atoms with Gasteiger partial charge in [0, 0.05) is 33.2 Å². The zero-order chi connectivity index (χ0) is 22.4. The van der Waals surface area contributed by atoms with Gasteiger partial charge in [0.05, 0.1) is 12.2 Å². The van der Waals surface area contributed by atoms with E-state index in [1.165, 1.54) is 36.1 Å². The molecule has 1 unspecified atom stereocenters.